The maximum atomic E-state index is 13.3. The summed E-state index contributed by atoms with van der Waals surface area (Å²) in [5.41, 5.74) is 1.23. The number of benzene rings is 1. The number of halogens is 1. The van der Waals surface area contributed by atoms with Gasteiger partial charge in [0, 0.05) is 24.8 Å². The molecule has 0 saturated carbocycles. The van der Waals surface area contributed by atoms with Gasteiger partial charge in [0.05, 0.1) is 24.9 Å². The summed E-state index contributed by atoms with van der Waals surface area (Å²) in [6.07, 6.45) is 1.87. The number of piperidine rings is 1. The zero-order chi connectivity index (χ0) is 19.6. The molecule has 0 aliphatic carbocycles. The molecule has 7 heteroatoms. The van der Waals surface area contributed by atoms with Crippen molar-refractivity contribution in [1.29, 1.82) is 0 Å². The molecule has 0 radical (unpaired) electrons. The number of hydrogen-bond donors (Lipinski definition) is 0. The van der Waals surface area contributed by atoms with Gasteiger partial charge in [0.2, 0.25) is 5.88 Å². The van der Waals surface area contributed by atoms with Crippen molar-refractivity contribution in [1.82, 2.24) is 9.88 Å². The highest BCUT2D eigenvalue weighted by molar-refractivity contribution is 5.95. The number of rotatable bonds is 4. The van der Waals surface area contributed by atoms with Gasteiger partial charge in [-0.15, -0.1) is 0 Å². The van der Waals surface area contributed by atoms with E-state index in [-0.39, 0.29) is 18.3 Å². The number of hydrogen-bond acceptors (Lipinski definition) is 5. The van der Waals surface area contributed by atoms with Crippen LogP contribution in [0, 0.1) is 5.82 Å². The molecule has 6 nitrogen and oxygen atoms in total. The third-order valence-electron chi connectivity index (χ3n) is 5.38. The average Bonchev–Trinajstić information content (AvgIpc) is 2.71. The molecule has 4 rings (SSSR count). The van der Waals surface area contributed by atoms with Crippen LogP contribution in [0.2, 0.25) is 0 Å². The zero-order valence-electron chi connectivity index (χ0n) is 15.9. The van der Waals surface area contributed by atoms with Crippen molar-refractivity contribution in [2.45, 2.75) is 25.0 Å². The summed E-state index contributed by atoms with van der Waals surface area (Å²) in [6, 6.07) is 11.8. The van der Waals surface area contributed by atoms with Crippen LogP contribution in [0.25, 0.3) is 0 Å². The van der Waals surface area contributed by atoms with Crippen molar-refractivity contribution >= 4 is 11.6 Å². The fourth-order valence-electron chi connectivity index (χ4n) is 4.03. The molecular weight excluding hydrogens is 361 g/mol. The first-order chi connectivity index (χ1) is 13.6. The van der Waals surface area contributed by atoms with E-state index in [1.807, 2.05) is 18.2 Å². The number of likely N-dealkylation sites (tertiary alicyclic amines) is 1. The van der Waals surface area contributed by atoms with Crippen LogP contribution in [0.5, 0.6) is 5.88 Å². The van der Waals surface area contributed by atoms with Crippen molar-refractivity contribution < 1.29 is 18.7 Å². The highest BCUT2D eigenvalue weighted by Crippen LogP contribution is 2.32. The summed E-state index contributed by atoms with van der Waals surface area (Å²) in [5, 5.41) is 0. The Bertz CT molecular complexity index is 845. The first-order valence-electron chi connectivity index (χ1n) is 9.49. The molecule has 1 aromatic carbocycles. The number of nitrogens with zero attached hydrogens (tertiary/aromatic N) is 3. The Hall–Kier alpha value is -2.51. The molecule has 2 aromatic rings. The van der Waals surface area contributed by atoms with E-state index in [9.17, 15) is 9.18 Å². The Labute approximate surface area is 163 Å². The number of methoxy groups -OCH3 is 1. The van der Waals surface area contributed by atoms with Crippen molar-refractivity contribution in [2.24, 2.45) is 0 Å². The molecule has 2 fully saturated rings. The lowest BCUT2D eigenvalue weighted by Gasteiger charge is -2.47. The van der Waals surface area contributed by atoms with Crippen LogP contribution < -0.4 is 9.64 Å². The summed E-state index contributed by atoms with van der Waals surface area (Å²) < 4.78 is 24.5. The highest BCUT2D eigenvalue weighted by Gasteiger charge is 2.43. The smallest absolute Gasteiger partial charge is 0.253 e. The van der Waals surface area contributed by atoms with E-state index in [1.54, 1.807) is 24.1 Å². The second-order valence-electron chi connectivity index (χ2n) is 7.41. The van der Waals surface area contributed by atoms with Crippen LogP contribution >= 0.6 is 0 Å². The summed E-state index contributed by atoms with van der Waals surface area (Å²) in [4.78, 5) is 20.9. The summed E-state index contributed by atoms with van der Waals surface area (Å²) in [6.45, 7) is 2.89. The van der Waals surface area contributed by atoms with Crippen molar-refractivity contribution in [2.75, 3.05) is 38.3 Å². The van der Waals surface area contributed by atoms with Crippen LogP contribution in [0.3, 0.4) is 0 Å². The predicted octanol–water partition coefficient (Wildman–Crippen LogP) is 2.63. The van der Waals surface area contributed by atoms with Gasteiger partial charge in [-0.05, 0) is 49.7 Å². The lowest BCUT2D eigenvalue weighted by molar-refractivity contribution is -0.146. The van der Waals surface area contributed by atoms with Gasteiger partial charge in [0.15, 0.2) is 0 Å². The van der Waals surface area contributed by atoms with Gasteiger partial charge in [-0.3, -0.25) is 9.69 Å². The third kappa shape index (κ3) is 4.00. The van der Waals surface area contributed by atoms with Gasteiger partial charge in [-0.2, -0.15) is 0 Å². The Balaban J connectivity index is 1.48. The van der Waals surface area contributed by atoms with Gasteiger partial charge in [-0.25, -0.2) is 9.37 Å². The second-order valence-corrected chi connectivity index (χ2v) is 7.41. The topological polar surface area (TPSA) is 54.9 Å². The molecule has 0 bridgehead atoms. The maximum absolute atomic E-state index is 13.3. The van der Waals surface area contributed by atoms with Gasteiger partial charge < -0.3 is 14.4 Å². The van der Waals surface area contributed by atoms with E-state index in [2.05, 4.69) is 9.88 Å². The van der Waals surface area contributed by atoms with E-state index >= 15 is 0 Å². The van der Waals surface area contributed by atoms with Gasteiger partial charge in [0.1, 0.15) is 12.4 Å². The highest BCUT2D eigenvalue weighted by atomic mass is 19.1. The number of amides is 1. The van der Waals surface area contributed by atoms with Crippen LogP contribution in [-0.4, -0.2) is 54.7 Å². The largest absolute Gasteiger partial charge is 0.481 e. The predicted molar refractivity (Wildman–Crippen MR) is 103 cm³/mol. The summed E-state index contributed by atoms with van der Waals surface area (Å²) >= 11 is 0. The minimum Gasteiger partial charge on any atom is -0.481 e. The number of carbonyl (C=O) groups excluding carboxylic acids is 1. The Morgan fingerprint density at radius 1 is 1.21 bits per heavy atom. The van der Waals surface area contributed by atoms with Gasteiger partial charge in [-0.1, -0.05) is 6.07 Å². The number of ether oxygens (including phenoxy) is 2. The molecule has 1 aromatic heterocycles. The number of morpholine rings is 1. The van der Waals surface area contributed by atoms with E-state index in [1.165, 1.54) is 12.1 Å². The standard InChI is InChI=1S/C21H24FN3O3/c1-27-19-5-2-4-17(23-19)12-24-11-3-10-21(14-24)15-25(20(26)13-28-21)18-8-6-16(22)7-9-18/h2,4-9H,3,10-15H2,1H3. The van der Waals surface area contributed by atoms with Crippen LogP contribution in [0.15, 0.2) is 42.5 Å². The Kier molecular flexibility index (Phi) is 5.28. The average molecular weight is 385 g/mol. The molecule has 1 spiro atoms. The van der Waals surface area contributed by atoms with Crippen LogP contribution in [0.4, 0.5) is 10.1 Å². The fourth-order valence-corrected chi connectivity index (χ4v) is 4.03. The van der Waals surface area contributed by atoms with Crippen LogP contribution in [0.1, 0.15) is 18.5 Å². The van der Waals surface area contributed by atoms with Gasteiger partial charge >= 0.3 is 0 Å². The molecule has 1 unspecified atom stereocenters. The molecule has 148 valence electrons. The minimum absolute atomic E-state index is 0.0443. The molecule has 2 aliphatic rings. The fraction of sp³-hybridized carbons (Fsp3) is 0.429. The van der Waals surface area contributed by atoms with Crippen molar-refractivity contribution in [3.05, 3.63) is 54.0 Å². The molecule has 2 saturated heterocycles. The molecular formula is C21H24FN3O3. The second kappa shape index (κ2) is 7.85. The van der Waals surface area contributed by atoms with Gasteiger partial charge in [0.25, 0.3) is 5.91 Å². The lowest BCUT2D eigenvalue weighted by atomic mass is 9.90. The molecule has 0 N–H and O–H groups in total. The minimum atomic E-state index is -0.417. The third-order valence-corrected chi connectivity index (χ3v) is 5.38. The zero-order valence-corrected chi connectivity index (χ0v) is 15.9. The van der Waals surface area contributed by atoms with Crippen molar-refractivity contribution in [3.8, 4) is 5.88 Å². The molecule has 1 atom stereocenters. The first-order valence-corrected chi connectivity index (χ1v) is 9.49. The molecule has 28 heavy (non-hydrogen) atoms. The SMILES string of the molecule is COc1cccc(CN2CCCC3(C2)CN(c2ccc(F)cc2)C(=O)CO3)n1. The molecule has 1 amide bonds. The Morgan fingerprint density at radius 2 is 2.04 bits per heavy atom. The maximum Gasteiger partial charge on any atom is 0.253 e. The first kappa shape index (κ1) is 18.8. The van der Waals surface area contributed by atoms with E-state index < -0.39 is 5.60 Å². The molecule has 2 aliphatic heterocycles. The van der Waals surface area contributed by atoms with E-state index in [0.717, 1.165) is 31.6 Å². The number of pyridine rings is 1. The summed E-state index contributed by atoms with van der Waals surface area (Å²) in [5.74, 6) is 0.198. The normalized spacial score (nSPS) is 23.2. The van der Waals surface area contributed by atoms with Crippen LogP contribution in [-0.2, 0) is 16.1 Å². The summed E-state index contributed by atoms with van der Waals surface area (Å²) in [7, 11) is 1.61. The van der Waals surface area contributed by atoms with Crippen molar-refractivity contribution in [3.63, 3.8) is 0 Å². The Morgan fingerprint density at radius 3 is 2.82 bits per heavy atom. The monoisotopic (exact) mass is 385 g/mol. The lowest BCUT2D eigenvalue weighted by Crippen LogP contribution is -2.61. The van der Waals surface area contributed by atoms with E-state index in [0.29, 0.717) is 24.7 Å². The number of aromatic nitrogens is 1. The number of carbonyl (C=O) groups is 1. The number of anilines is 1. The quantitative estimate of drug-likeness (QED) is 0.810. The molecule has 3 heterocycles. The van der Waals surface area contributed by atoms with E-state index in [4.69, 9.17) is 9.47 Å².